The second-order valence-corrected chi connectivity index (χ2v) is 10.0. The van der Waals surface area contributed by atoms with Gasteiger partial charge in [0.05, 0.1) is 0 Å². The number of carbonyl (C=O) groups excluding carboxylic acids is 1. The molecular formula is C26H41N5O3. The Morgan fingerprint density at radius 1 is 1.00 bits per heavy atom. The lowest BCUT2D eigenvalue weighted by atomic mass is 9.81. The molecular weight excluding hydrogens is 430 g/mol. The van der Waals surface area contributed by atoms with E-state index in [9.17, 15) is 14.9 Å². The van der Waals surface area contributed by atoms with Crippen LogP contribution in [-0.4, -0.2) is 62.0 Å². The summed E-state index contributed by atoms with van der Waals surface area (Å²) in [4.78, 5) is 31.8. The lowest BCUT2D eigenvalue weighted by molar-refractivity contribution is -0.463. The number of aliphatic imine (C=N–C) groups is 1. The number of hydrogen-bond donors (Lipinski definition) is 1. The Bertz CT molecular complexity index is 802. The van der Waals surface area contributed by atoms with E-state index in [1.807, 2.05) is 37.4 Å². The molecule has 0 aliphatic heterocycles. The van der Waals surface area contributed by atoms with Gasteiger partial charge in [0.2, 0.25) is 0 Å². The van der Waals surface area contributed by atoms with E-state index >= 15 is 0 Å². The van der Waals surface area contributed by atoms with Gasteiger partial charge < -0.3 is 10.2 Å². The number of rotatable bonds is 9. The van der Waals surface area contributed by atoms with Gasteiger partial charge in [0.15, 0.2) is 5.84 Å². The van der Waals surface area contributed by atoms with Gasteiger partial charge in [0.1, 0.15) is 0 Å². The zero-order valence-electron chi connectivity index (χ0n) is 20.8. The van der Waals surface area contributed by atoms with Crippen LogP contribution in [0.2, 0.25) is 0 Å². The number of hydrogen-bond acceptors (Lipinski definition) is 4. The third-order valence-electron chi connectivity index (χ3n) is 7.49. The fourth-order valence-corrected chi connectivity index (χ4v) is 5.41. The Morgan fingerprint density at radius 3 is 2.18 bits per heavy atom. The SMILES string of the molecule is CN=C(C[N+](=O)[O-])NCC1CCC(CN(CC2CCCCC2)C(=O)N(C)c2ccccc2)CC1. The molecule has 2 saturated carbocycles. The first-order chi connectivity index (χ1) is 16.5. The molecule has 0 bridgehead atoms. The molecule has 0 unspecified atom stereocenters. The van der Waals surface area contributed by atoms with Gasteiger partial charge in [-0.05, 0) is 68.4 Å². The van der Waals surface area contributed by atoms with Crippen molar-refractivity contribution in [3.63, 3.8) is 0 Å². The summed E-state index contributed by atoms with van der Waals surface area (Å²) < 4.78 is 0. The summed E-state index contributed by atoms with van der Waals surface area (Å²) in [6, 6.07) is 10.00. The van der Waals surface area contributed by atoms with Crippen LogP contribution in [0.1, 0.15) is 57.8 Å². The molecule has 0 spiro atoms. The van der Waals surface area contributed by atoms with E-state index in [1.165, 1.54) is 32.1 Å². The van der Waals surface area contributed by atoms with Crippen LogP contribution in [0, 0.1) is 27.9 Å². The number of benzene rings is 1. The molecule has 0 atom stereocenters. The summed E-state index contributed by atoms with van der Waals surface area (Å²) >= 11 is 0. The number of amides is 2. The van der Waals surface area contributed by atoms with Crippen LogP contribution in [-0.2, 0) is 0 Å². The van der Waals surface area contributed by atoms with Crippen LogP contribution in [0.3, 0.4) is 0 Å². The summed E-state index contributed by atoms with van der Waals surface area (Å²) in [5, 5.41) is 13.9. The van der Waals surface area contributed by atoms with Gasteiger partial charge >= 0.3 is 6.03 Å². The number of urea groups is 1. The summed E-state index contributed by atoms with van der Waals surface area (Å²) in [5.74, 6) is 2.05. The first kappa shape index (κ1) is 26.0. The van der Waals surface area contributed by atoms with Crippen molar-refractivity contribution in [2.45, 2.75) is 57.8 Å². The van der Waals surface area contributed by atoms with Crippen molar-refractivity contribution < 1.29 is 9.72 Å². The summed E-state index contributed by atoms with van der Waals surface area (Å²) in [6.45, 7) is 2.15. The summed E-state index contributed by atoms with van der Waals surface area (Å²) in [5.41, 5.74) is 0.930. The standard InChI is InChI=1S/C26H41N5O3/c1-27-25(20-31(33)34)28-17-21-13-15-23(16-14-21)19-30(18-22-9-5-3-6-10-22)26(32)29(2)24-11-7-4-8-12-24/h4,7-8,11-12,21-23H,3,5-6,9-10,13-20H2,1-2H3,(H,27,28). The van der Waals surface area contributed by atoms with E-state index in [1.54, 1.807) is 11.9 Å². The Labute approximate surface area is 203 Å². The largest absolute Gasteiger partial charge is 0.368 e. The highest BCUT2D eigenvalue weighted by Gasteiger charge is 2.29. The number of nitro groups is 1. The molecule has 188 valence electrons. The highest BCUT2D eigenvalue weighted by molar-refractivity contribution is 5.91. The molecule has 1 aromatic carbocycles. The van der Waals surface area contributed by atoms with Crippen molar-refractivity contribution in [1.82, 2.24) is 10.2 Å². The Morgan fingerprint density at radius 2 is 1.59 bits per heavy atom. The average molecular weight is 472 g/mol. The van der Waals surface area contributed by atoms with Gasteiger partial charge in [-0.2, -0.15) is 0 Å². The number of nitrogens with one attached hydrogen (secondary N) is 1. The van der Waals surface area contributed by atoms with Crippen molar-refractivity contribution in [3.8, 4) is 0 Å². The lowest BCUT2D eigenvalue weighted by Crippen LogP contribution is -2.46. The van der Waals surface area contributed by atoms with Gasteiger partial charge in [-0.3, -0.25) is 20.0 Å². The fourth-order valence-electron chi connectivity index (χ4n) is 5.41. The Hall–Kier alpha value is -2.64. The van der Waals surface area contributed by atoms with Crippen LogP contribution in [0.5, 0.6) is 0 Å². The molecule has 0 saturated heterocycles. The molecule has 8 heteroatoms. The number of nitrogens with zero attached hydrogens (tertiary/aromatic N) is 4. The van der Waals surface area contributed by atoms with Gasteiger partial charge in [-0.25, -0.2) is 4.79 Å². The predicted molar refractivity (Wildman–Crippen MR) is 137 cm³/mol. The maximum Gasteiger partial charge on any atom is 0.324 e. The van der Waals surface area contributed by atoms with Crippen LogP contribution in [0.15, 0.2) is 35.3 Å². The molecule has 2 amide bonds. The van der Waals surface area contributed by atoms with Crippen LogP contribution in [0.4, 0.5) is 10.5 Å². The van der Waals surface area contributed by atoms with Crippen molar-refractivity contribution in [2.75, 3.05) is 45.2 Å². The molecule has 1 N–H and O–H groups in total. The second-order valence-electron chi connectivity index (χ2n) is 10.0. The van der Waals surface area contributed by atoms with E-state index in [2.05, 4.69) is 15.2 Å². The maximum absolute atomic E-state index is 13.5. The summed E-state index contributed by atoms with van der Waals surface area (Å²) in [7, 11) is 3.47. The minimum Gasteiger partial charge on any atom is -0.368 e. The normalized spacial score (nSPS) is 21.6. The third-order valence-corrected chi connectivity index (χ3v) is 7.49. The van der Waals surface area contributed by atoms with E-state index < -0.39 is 0 Å². The first-order valence-electron chi connectivity index (χ1n) is 12.8. The molecule has 2 fully saturated rings. The highest BCUT2D eigenvalue weighted by atomic mass is 16.6. The van der Waals surface area contributed by atoms with Crippen molar-refractivity contribution in [2.24, 2.45) is 22.7 Å². The summed E-state index contributed by atoms with van der Waals surface area (Å²) in [6.07, 6.45) is 10.6. The van der Waals surface area contributed by atoms with Gasteiger partial charge in [0, 0.05) is 44.3 Å². The molecule has 3 rings (SSSR count). The molecule has 0 heterocycles. The second kappa shape index (κ2) is 13.3. The topological polar surface area (TPSA) is 91.1 Å². The minimum atomic E-state index is -0.351. The Kier molecular flexibility index (Phi) is 10.2. The van der Waals surface area contributed by atoms with E-state index in [4.69, 9.17) is 0 Å². The van der Waals surface area contributed by atoms with E-state index in [0.29, 0.717) is 23.6 Å². The monoisotopic (exact) mass is 471 g/mol. The third kappa shape index (κ3) is 7.99. The van der Waals surface area contributed by atoms with Crippen LogP contribution >= 0.6 is 0 Å². The van der Waals surface area contributed by atoms with Crippen molar-refractivity contribution in [1.29, 1.82) is 0 Å². The average Bonchev–Trinajstić information content (AvgIpc) is 2.87. The molecule has 2 aliphatic rings. The molecule has 0 aromatic heterocycles. The molecule has 34 heavy (non-hydrogen) atoms. The zero-order valence-corrected chi connectivity index (χ0v) is 20.8. The van der Waals surface area contributed by atoms with Crippen molar-refractivity contribution in [3.05, 3.63) is 40.4 Å². The van der Waals surface area contributed by atoms with Crippen molar-refractivity contribution >= 4 is 17.6 Å². The fraction of sp³-hybridized carbons (Fsp3) is 0.692. The predicted octanol–water partition coefficient (Wildman–Crippen LogP) is 4.83. The zero-order chi connectivity index (χ0) is 24.3. The number of carbonyl (C=O) groups is 1. The Balaban J connectivity index is 1.55. The lowest BCUT2D eigenvalue weighted by Gasteiger charge is -2.37. The minimum absolute atomic E-state index is 0.101. The van der Waals surface area contributed by atoms with Crippen LogP contribution in [0.25, 0.3) is 0 Å². The molecule has 2 aliphatic carbocycles. The van der Waals surface area contributed by atoms with Gasteiger partial charge in [-0.15, -0.1) is 0 Å². The van der Waals surface area contributed by atoms with Crippen LogP contribution < -0.4 is 10.2 Å². The number of amidine groups is 1. The molecule has 8 nitrogen and oxygen atoms in total. The maximum atomic E-state index is 13.5. The highest BCUT2D eigenvalue weighted by Crippen LogP contribution is 2.31. The van der Waals surface area contributed by atoms with E-state index in [0.717, 1.165) is 51.0 Å². The quantitative estimate of drug-likeness (QED) is 0.242. The smallest absolute Gasteiger partial charge is 0.324 e. The van der Waals surface area contributed by atoms with Gasteiger partial charge in [0.25, 0.3) is 6.54 Å². The first-order valence-corrected chi connectivity index (χ1v) is 12.8. The number of anilines is 1. The van der Waals surface area contributed by atoms with Gasteiger partial charge in [-0.1, -0.05) is 37.5 Å². The molecule has 0 radical (unpaired) electrons. The van der Waals surface area contributed by atoms with E-state index in [-0.39, 0.29) is 17.5 Å². The number of para-hydroxylation sites is 1. The molecule has 1 aromatic rings.